The molecule has 0 N–H and O–H groups in total. The molecule has 0 fully saturated rings. The first-order valence-electron chi connectivity index (χ1n) is 4.55. The summed E-state index contributed by atoms with van der Waals surface area (Å²) in [6.07, 6.45) is -4.66. The molecule has 2 rings (SSSR count). The summed E-state index contributed by atoms with van der Waals surface area (Å²) >= 11 is 0. The Hall–Kier alpha value is -2.79. The molecule has 0 aromatic carbocycles. The number of imidazole rings is 1. The number of nitrogens with zero attached hydrogens (tertiary/aromatic N) is 5. The summed E-state index contributed by atoms with van der Waals surface area (Å²) < 4.78 is 38.9. The highest BCUT2D eigenvalue weighted by atomic mass is 19.4. The third-order valence-corrected chi connectivity index (χ3v) is 2.47. The van der Waals surface area contributed by atoms with Crippen LogP contribution in [0.15, 0.2) is 5.57 Å². The second-order valence-electron chi connectivity index (χ2n) is 3.41. The van der Waals surface area contributed by atoms with E-state index in [1.54, 1.807) is 12.1 Å². The van der Waals surface area contributed by atoms with Crippen LogP contribution in [0.2, 0.25) is 0 Å². The van der Waals surface area contributed by atoms with Gasteiger partial charge in [0.1, 0.15) is 23.8 Å². The third-order valence-electron chi connectivity index (χ3n) is 2.47. The van der Waals surface area contributed by atoms with Gasteiger partial charge in [0.15, 0.2) is 17.2 Å². The Balaban J connectivity index is 2.70. The topological polar surface area (TPSA) is 89.2 Å². The lowest BCUT2D eigenvalue weighted by Crippen LogP contribution is -2.15. The van der Waals surface area contributed by atoms with Gasteiger partial charge in [-0.15, -0.1) is 0 Å². The van der Waals surface area contributed by atoms with Crippen LogP contribution in [-0.4, -0.2) is 15.7 Å². The Labute approximate surface area is 98.6 Å². The average Bonchev–Trinajstić information content (AvgIpc) is 2.81. The summed E-state index contributed by atoms with van der Waals surface area (Å²) in [5.41, 5.74) is -2.23. The molecule has 0 amide bonds. The van der Waals surface area contributed by atoms with Gasteiger partial charge in [0.2, 0.25) is 0 Å². The summed E-state index contributed by atoms with van der Waals surface area (Å²) in [4.78, 5) is 3.60. The number of allylic oxidation sites excluding steroid dienone is 2. The predicted molar refractivity (Wildman–Crippen MR) is 50.2 cm³/mol. The van der Waals surface area contributed by atoms with Crippen molar-refractivity contribution in [1.82, 2.24) is 9.55 Å². The molecule has 8 heteroatoms. The number of hydrogen-bond acceptors (Lipinski definition) is 4. The highest BCUT2D eigenvalue weighted by Crippen LogP contribution is 2.38. The van der Waals surface area contributed by atoms with Gasteiger partial charge in [-0.25, -0.2) is 4.98 Å². The van der Waals surface area contributed by atoms with Crippen molar-refractivity contribution < 1.29 is 13.2 Å². The fraction of sp³-hybridized carbons (Fsp3) is 0.200. The molecule has 2 heterocycles. The van der Waals surface area contributed by atoms with E-state index in [-0.39, 0.29) is 17.2 Å². The van der Waals surface area contributed by atoms with Gasteiger partial charge >= 0.3 is 6.18 Å². The molecule has 0 aliphatic carbocycles. The molecule has 1 aromatic rings. The number of rotatable bonds is 0. The summed E-state index contributed by atoms with van der Waals surface area (Å²) in [5, 5.41) is 26.3. The first kappa shape index (κ1) is 11.7. The minimum atomic E-state index is -4.66. The van der Waals surface area contributed by atoms with Crippen molar-refractivity contribution in [1.29, 1.82) is 15.8 Å². The van der Waals surface area contributed by atoms with E-state index < -0.39 is 23.9 Å². The molecule has 1 aliphatic heterocycles. The van der Waals surface area contributed by atoms with Crippen LogP contribution in [0.25, 0.3) is 5.57 Å². The smallest absolute Gasteiger partial charge is 0.309 e. The molecule has 0 spiro atoms. The van der Waals surface area contributed by atoms with Crippen LogP contribution < -0.4 is 0 Å². The largest absolute Gasteiger partial charge is 0.415 e. The summed E-state index contributed by atoms with van der Waals surface area (Å²) in [6, 6.07) is 4.65. The summed E-state index contributed by atoms with van der Waals surface area (Å²) in [6.45, 7) is -0.667. The van der Waals surface area contributed by atoms with Crippen LogP contribution in [0.5, 0.6) is 0 Å². The minimum Gasteiger partial charge on any atom is -0.309 e. The molecule has 0 saturated carbocycles. The number of aromatic nitrogens is 2. The van der Waals surface area contributed by atoms with Gasteiger partial charge in [0.25, 0.3) is 0 Å². The fourth-order valence-electron chi connectivity index (χ4n) is 1.71. The van der Waals surface area contributed by atoms with Crippen LogP contribution >= 0.6 is 0 Å². The molecule has 5 nitrogen and oxygen atoms in total. The zero-order valence-electron chi connectivity index (χ0n) is 8.58. The number of fused-ring (bicyclic) bond motifs is 1. The maximum atomic E-state index is 12.7. The van der Waals surface area contributed by atoms with Crippen molar-refractivity contribution in [3.63, 3.8) is 0 Å². The SMILES string of the molecule is N#CC1=C(C(F)(F)F)Cn2c1nc(C#N)c2C#N. The van der Waals surface area contributed by atoms with E-state index >= 15 is 0 Å². The zero-order valence-corrected chi connectivity index (χ0v) is 8.58. The van der Waals surface area contributed by atoms with Crippen LogP contribution in [0.1, 0.15) is 17.2 Å². The monoisotopic (exact) mass is 249 g/mol. The van der Waals surface area contributed by atoms with Crippen molar-refractivity contribution in [2.45, 2.75) is 12.7 Å². The van der Waals surface area contributed by atoms with Crippen molar-refractivity contribution >= 4 is 5.57 Å². The molecule has 0 bridgehead atoms. The van der Waals surface area contributed by atoms with Crippen LogP contribution in [-0.2, 0) is 6.54 Å². The Morgan fingerprint density at radius 3 is 2.22 bits per heavy atom. The van der Waals surface area contributed by atoms with E-state index in [1.165, 1.54) is 6.07 Å². The Bertz CT molecular complexity index is 687. The maximum absolute atomic E-state index is 12.7. The van der Waals surface area contributed by atoms with Crippen molar-refractivity contribution in [3.05, 3.63) is 22.8 Å². The molecule has 1 aliphatic rings. The van der Waals surface area contributed by atoms with Gasteiger partial charge < -0.3 is 4.57 Å². The Kier molecular flexibility index (Phi) is 2.34. The van der Waals surface area contributed by atoms with E-state index in [9.17, 15) is 13.2 Å². The molecule has 0 radical (unpaired) electrons. The molecule has 0 atom stereocenters. The minimum absolute atomic E-state index is 0.264. The Morgan fingerprint density at radius 1 is 1.11 bits per heavy atom. The highest BCUT2D eigenvalue weighted by Gasteiger charge is 2.43. The molecule has 18 heavy (non-hydrogen) atoms. The van der Waals surface area contributed by atoms with E-state index in [4.69, 9.17) is 15.8 Å². The molecular weight excluding hydrogens is 247 g/mol. The van der Waals surface area contributed by atoms with Crippen LogP contribution in [0.3, 0.4) is 0 Å². The average molecular weight is 249 g/mol. The van der Waals surface area contributed by atoms with E-state index in [1.807, 2.05) is 0 Å². The number of halogens is 3. The van der Waals surface area contributed by atoms with Gasteiger partial charge in [0.05, 0.1) is 12.1 Å². The first-order chi connectivity index (χ1) is 8.43. The molecule has 0 unspecified atom stereocenters. The van der Waals surface area contributed by atoms with Gasteiger partial charge in [-0.1, -0.05) is 0 Å². The van der Waals surface area contributed by atoms with Gasteiger partial charge in [-0.05, 0) is 0 Å². The Morgan fingerprint density at radius 2 is 1.78 bits per heavy atom. The van der Waals surface area contributed by atoms with Crippen molar-refractivity contribution in [2.75, 3.05) is 0 Å². The summed E-state index contributed by atoms with van der Waals surface area (Å²) in [5.74, 6) is -0.280. The zero-order chi connectivity index (χ0) is 13.5. The molecule has 1 aromatic heterocycles. The fourth-order valence-corrected chi connectivity index (χ4v) is 1.71. The second kappa shape index (κ2) is 3.61. The van der Waals surface area contributed by atoms with Gasteiger partial charge in [0, 0.05) is 0 Å². The standard InChI is InChI=1S/C10H2F3N5/c11-10(12,13)6-4-18-8(3-16)7(2-15)17-9(18)5(6)1-14/h4H2. The first-order valence-corrected chi connectivity index (χ1v) is 4.55. The maximum Gasteiger partial charge on any atom is 0.415 e. The lowest BCUT2D eigenvalue weighted by Gasteiger charge is -2.07. The molecular formula is C10H2F3N5. The van der Waals surface area contributed by atoms with Crippen molar-refractivity contribution in [2.24, 2.45) is 0 Å². The lowest BCUT2D eigenvalue weighted by atomic mass is 10.1. The van der Waals surface area contributed by atoms with Crippen LogP contribution in [0.4, 0.5) is 13.2 Å². The highest BCUT2D eigenvalue weighted by molar-refractivity contribution is 5.80. The van der Waals surface area contributed by atoms with Crippen LogP contribution in [0, 0.1) is 34.0 Å². The quantitative estimate of drug-likeness (QED) is 0.696. The van der Waals surface area contributed by atoms with E-state index in [2.05, 4.69) is 4.98 Å². The molecule has 88 valence electrons. The number of alkyl halides is 3. The molecule has 0 saturated heterocycles. The van der Waals surface area contributed by atoms with E-state index in [0.717, 1.165) is 4.57 Å². The summed E-state index contributed by atoms with van der Waals surface area (Å²) in [7, 11) is 0. The van der Waals surface area contributed by atoms with E-state index in [0.29, 0.717) is 0 Å². The second-order valence-corrected chi connectivity index (χ2v) is 3.41. The third kappa shape index (κ3) is 1.42. The normalized spacial score (nSPS) is 13.8. The number of hydrogen-bond donors (Lipinski definition) is 0. The predicted octanol–water partition coefficient (Wildman–Crippen LogP) is 1.48. The van der Waals surface area contributed by atoms with Gasteiger partial charge in [-0.3, -0.25) is 0 Å². The van der Waals surface area contributed by atoms with Crippen molar-refractivity contribution in [3.8, 4) is 18.2 Å². The number of nitriles is 3. The van der Waals surface area contributed by atoms with Gasteiger partial charge in [-0.2, -0.15) is 29.0 Å². The lowest BCUT2D eigenvalue weighted by molar-refractivity contribution is -0.0933.